The summed E-state index contributed by atoms with van der Waals surface area (Å²) in [7, 11) is 0. The predicted octanol–water partition coefficient (Wildman–Crippen LogP) is 0.618. The summed E-state index contributed by atoms with van der Waals surface area (Å²) in [4.78, 5) is 25.0. The second-order valence-electron chi connectivity index (χ2n) is 5.85. The normalized spacial score (nSPS) is 20.2. The van der Waals surface area contributed by atoms with Gasteiger partial charge in [-0.15, -0.1) is 0 Å². The Morgan fingerprint density at radius 3 is 2.56 bits per heavy atom. The van der Waals surface area contributed by atoms with Gasteiger partial charge in [0.2, 0.25) is 11.8 Å². The first-order valence-electron chi connectivity index (χ1n) is 6.66. The Bertz CT molecular complexity index is 315. The molecule has 0 radical (unpaired) electrons. The largest absolute Gasteiger partial charge is 0.368 e. The molecule has 0 spiro atoms. The third kappa shape index (κ3) is 3.98. The summed E-state index contributed by atoms with van der Waals surface area (Å²) in [5, 5.41) is 0. The minimum Gasteiger partial charge on any atom is -0.368 e. The maximum atomic E-state index is 12.1. The molecule has 5 nitrogen and oxygen atoms in total. The van der Waals surface area contributed by atoms with Gasteiger partial charge in [-0.2, -0.15) is 0 Å². The van der Waals surface area contributed by atoms with E-state index in [1.54, 1.807) is 4.90 Å². The number of hydrogen-bond donors (Lipinski definition) is 2. The van der Waals surface area contributed by atoms with Gasteiger partial charge in [0.1, 0.15) is 6.04 Å². The van der Waals surface area contributed by atoms with E-state index in [1.807, 2.05) is 0 Å². The Kier molecular flexibility index (Phi) is 5.14. The van der Waals surface area contributed by atoms with Crippen molar-refractivity contribution in [1.29, 1.82) is 0 Å². The lowest BCUT2D eigenvalue weighted by Crippen LogP contribution is -2.43. The number of carbonyl (C=O) groups excluding carboxylic acids is 2. The molecule has 0 aromatic rings. The summed E-state index contributed by atoms with van der Waals surface area (Å²) in [5.41, 5.74) is 10.9. The summed E-state index contributed by atoms with van der Waals surface area (Å²) in [6.45, 7) is 5.52. The average molecular weight is 255 g/mol. The number of hydrogen-bond acceptors (Lipinski definition) is 3. The molecular weight excluding hydrogens is 230 g/mol. The molecule has 1 aliphatic heterocycles. The van der Waals surface area contributed by atoms with Gasteiger partial charge < -0.3 is 16.4 Å². The molecule has 18 heavy (non-hydrogen) atoms. The summed E-state index contributed by atoms with van der Waals surface area (Å²) in [6, 6.07) is -0.393. The Labute approximate surface area is 109 Å². The molecule has 1 atom stereocenters. The topological polar surface area (TPSA) is 89.4 Å². The summed E-state index contributed by atoms with van der Waals surface area (Å²) < 4.78 is 0. The lowest BCUT2D eigenvalue weighted by Gasteiger charge is -2.26. The molecule has 4 N–H and O–H groups in total. The number of primary amides is 1. The molecule has 1 aliphatic rings. The van der Waals surface area contributed by atoms with E-state index in [0.29, 0.717) is 25.9 Å². The quantitative estimate of drug-likeness (QED) is 0.729. The zero-order valence-electron chi connectivity index (χ0n) is 11.4. The van der Waals surface area contributed by atoms with Crippen LogP contribution in [0.2, 0.25) is 0 Å². The number of likely N-dealkylation sites (tertiary alicyclic amines) is 1. The van der Waals surface area contributed by atoms with Gasteiger partial charge in [0, 0.05) is 13.0 Å². The maximum absolute atomic E-state index is 12.1. The van der Waals surface area contributed by atoms with Gasteiger partial charge in [-0.05, 0) is 37.6 Å². The van der Waals surface area contributed by atoms with Crippen molar-refractivity contribution in [3.8, 4) is 0 Å². The van der Waals surface area contributed by atoms with E-state index in [9.17, 15) is 9.59 Å². The van der Waals surface area contributed by atoms with E-state index in [1.165, 1.54) is 0 Å². The summed E-state index contributed by atoms with van der Waals surface area (Å²) in [6.07, 6.45) is 3.74. The van der Waals surface area contributed by atoms with Crippen LogP contribution in [0.3, 0.4) is 0 Å². The first-order valence-corrected chi connectivity index (χ1v) is 6.66. The molecule has 0 aromatic carbocycles. The smallest absolute Gasteiger partial charge is 0.240 e. The van der Waals surface area contributed by atoms with Crippen molar-refractivity contribution in [3.05, 3.63) is 0 Å². The lowest BCUT2D eigenvalue weighted by atomic mass is 9.84. The molecule has 5 heteroatoms. The SMILES string of the molecule is CC(C)(CCN)CCC(=O)N1CCCC1C(N)=O. The van der Waals surface area contributed by atoms with E-state index in [2.05, 4.69) is 13.8 Å². The van der Waals surface area contributed by atoms with Crippen LogP contribution in [0.5, 0.6) is 0 Å². The van der Waals surface area contributed by atoms with Crippen molar-refractivity contribution in [1.82, 2.24) is 4.90 Å². The molecule has 0 aromatic heterocycles. The van der Waals surface area contributed by atoms with Gasteiger partial charge in [-0.1, -0.05) is 13.8 Å². The Balaban J connectivity index is 2.48. The molecule has 1 saturated heterocycles. The Hall–Kier alpha value is -1.10. The van der Waals surface area contributed by atoms with Gasteiger partial charge in [-0.3, -0.25) is 9.59 Å². The monoisotopic (exact) mass is 255 g/mol. The van der Waals surface area contributed by atoms with E-state index >= 15 is 0 Å². The van der Waals surface area contributed by atoms with Crippen LogP contribution in [0, 0.1) is 5.41 Å². The second kappa shape index (κ2) is 6.18. The molecule has 1 unspecified atom stereocenters. The third-order valence-corrected chi connectivity index (χ3v) is 3.74. The van der Waals surface area contributed by atoms with Crippen LogP contribution >= 0.6 is 0 Å². The van der Waals surface area contributed by atoms with E-state index in [-0.39, 0.29) is 17.2 Å². The molecule has 0 bridgehead atoms. The molecule has 104 valence electrons. The fourth-order valence-corrected chi connectivity index (χ4v) is 2.47. The van der Waals surface area contributed by atoms with Crippen molar-refractivity contribution in [2.75, 3.05) is 13.1 Å². The fourth-order valence-electron chi connectivity index (χ4n) is 2.47. The molecular formula is C13H25N3O2. The van der Waals surface area contributed by atoms with Crippen LogP contribution in [0.15, 0.2) is 0 Å². The zero-order valence-corrected chi connectivity index (χ0v) is 11.4. The van der Waals surface area contributed by atoms with Gasteiger partial charge in [0.05, 0.1) is 0 Å². The van der Waals surface area contributed by atoms with Crippen LogP contribution < -0.4 is 11.5 Å². The van der Waals surface area contributed by atoms with Gasteiger partial charge in [0.25, 0.3) is 0 Å². The maximum Gasteiger partial charge on any atom is 0.240 e. The van der Waals surface area contributed by atoms with Gasteiger partial charge >= 0.3 is 0 Å². The third-order valence-electron chi connectivity index (χ3n) is 3.74. The lowest BCUT2D eigenvalue weighted by molar-refractivity contribution is -0.137. The van der Waals surface area contributed by atoms with E-state index in [0.717, 1.165) is 19.3 Å². The first kappa shape index (κ1) is 15.0. The fraction of sp³-hybridized carbons (Fsp3) is 0.846. The number of amides is 2. The van der Waals surface area contributed by atoms with E-state index < -0.39 is 6.04 Å². The molecule has 1 heterocycles. The van der Waals surface area contributed by atoms with Crippen molar-refractivity contribution >= 4 is 11.8 Å². The highest BCUT2D eigenvalue weighted by molar-refractivity contribution is 5.87. The van der Waals surface area contributed by atoms with Crippen molar-refractivity contribution < 1.29 is 9.59 Å². The molecule has 0 saturated carbocycles. The number of nitrogens with two attached hydrogens (primary N) is 2. The van der Waals surface area contributed by atoms with Crippen molar-refractivity contribution in [3.63, 3.8) is 0 Å². The van der Waals surface area contributed by atoms with Crippen LogP contribution in [-0.4, -0.2) is 35.8 Å². The van der Waals surface area contributed by atoms with Gasteiger partial charge in [0.15, 0.2) is 0 Å². The number of nitrogens with zero attached hydrogens (tertiary/aromatic N) is 1. The standard InChI is InChI=1S/C13H25N3O2/c1-13(2,7-8-14)6-5-11(17)16-9-3-4-10(16)12(15)18/h10H,3-9,14H2,1-2H3,(H2,15,18). The molecule has 1 fully saturated rings. The van der Waals surface area contributed by atoms with Crippen LogP contribution in [0.4, 0.5) is 0 Å². The Morgan fingerprint density at radius 2 is 2.00 bits per heavy atom. The highest BCUT2D eigenvalue weighted by Gasteiger charge is 2.32. The molecule has 2 amide bonds. The van der Waals surface area contributed by atoms with Crippen LogP contribution in [0.1, 0.15) is 46.0 Å². The highest BCUT2D eigenvalue weighted by Crippen LogP contribution is 2.27. The second-order valence-corrected chi connectivity index (χ2v) is 5.85. The number of rotatable bonds is 6. The molecule has 1 rings (SSSR count). The predicted molar refractivity (Wildman–Crippen MR) is 70.6 cm³/mol. The summed E-state index contributed by atoms with van der Waals surface area (Å²) >= 11 is 0. The zero-order chi connectivity index (χ0) is 13.8. The minimum absolute atomic E-state index is 0.0430. The van der Waals surface area contributed by atoms with Gasteiger partial charge in [-0.25, -0.2) is 0 Å². The van der Waals surface area contributed by atoms with Crippen molar-refractivity contribution in [2.45, 2.75) is 52.0 Å². The highest BCUT2D eigenvalue weighted by atomic mass is 16.2. The van der Waals surface area contributed by atoms with E-state index in [4.69, 9.17) is 11.5 Å². The minimum atomic E-state index is -0.393. The molecule has 0 aliphatic carbocycles. The number of carbonyl (C=O) groups is 2. The summed E-state index contributed by atoms with van der Waals surface area (Å²) in [5.74, 6) is -0.344. The first-order chi connectivity index (χ1) is 8.37. The average Bonchev–Trinajstić information content (AvgIpc) is 2.74. The Morgan fingerprint density at radius 1 is 1.33 bits per heavy atom. The van der Waals surface area contributed by atoms with Crippen LogP contribution in [0.25, 0.3) is 0 Å². The van der Waals surface area contributed by atoms with Crippen molar-refractivity contribution in [2.24, 2.45) is 16.9 Å². The van der Waals surface area contributed by atoms with Crippen LogP contribution in [-0.2, 0) is 9.59 Å².